The van der Waals surface area contributed by atoms with Crippen molar-refractivity contribution in [2.24, 2.45) is 0 Å². The summed E-state index contributed by atoms with van der Waals surface area (Å²) >= 11 is 5.81. The maximum atomic E-state index is 11.0. The summed E-state index contributed by atoms with van der Waals surface area (Å²) in [4.78, 5) is 11.0. The van der Waals surface area contributed by atoms with Crippen molar-refractivity contribution in [3.63, 3.8) is 0 Å². The van der Waals surface area contributed by atoms with Crippen LogP contribution >= 0.6 is 11.6 Å². The molecule has 94 valence electrons. The Morgan fingerprint density at radius 2 is 2.00 bits per heavy atom. The van der Waals surface area contributed by atoms with Crippen molar-refractivity contribution in [3.8, 4) is 0 Å². The molecule has 1 rings (SSSR count). The highest BCUT2D eigenvalue weighted by Gasteiger charge is 2.18. The highest BCUT2D eigenvalue weighted by atomic mass is 35.5. The molecule has 2 N–H and O–H groups in total. The summed E-state index contributed by atoms with van der Waals surface area (Å²) in [5.74, 6) is -0.798. The molecule has 0 saturated heterocycles. The third kappa shape index (κ3) is 4.36. The lowest BCUT2D eigenvalue weighted by atomic mass is 10.1. The van der Waals surface area contributed by atoms with E-state index in [1.54, 1.807) is 0 Å². The van der Waals surface area contributed by atoms with E-state index in [1.807, 2.05) is 38.1 Å². The molecule has 0 aromatic heterocycles. The van der Waals surface area contributed by atoms with Crippen LogP contribution < -0.4 is 5.32 Å². The molecule has 4 heteroatoms. The minimum absolute atomic E-state index is 0.0000772. The lowest BCUT2D eigenvalue weighted by Crippen LogP contribution is -2.38. The van der Waals surface area contributed by atoms with Crippen LogP contribution in [-0.2, 0) is 4.79 Å². The van der Waals surface area contributed by atoms with E-state index in [0.29, 0.717) is 11.4 Å². The lowest BCUT2D eigenvalue weighted by Gasteiger charge is -2.20. The topological polar surface area (TPSA) is 49.3 Å². The number of hydrogen-bond donors (Lipinski definition) is 2. The second-order valence-electron chi connectivity index (χ2n) is 4.12. The Morgan fingerprint density at radius 1 is 1.41 bits per heavy atom. The Hall–Kier alpha value is -1.06. The molecule has 0 aliphatic carbocycles. The van der Waals surface area contributed by atoms with E-state index in [-0.39, 0.29) is 6.04 Å². The van der Waals surface area contributed by atoms with E-state index < -0.39 is 12.0 Å². The fraction of sp³-hybridized carbons (Fsp3) is 0.462. The monoisotopic (exact) mass is 255 g/mol. The summed E-state index contributed by atoms with van der Waals surface area (Å²) in [5.41, 5.74) is 1.04. The number of aliphatic carboxylic acids is 1. The molecule has 0 spiro atoms. The van der Waals surface area contributed by atoms with Gasteiger partial charge in [0.15, 0.2) is 0 Å². The number of rotatable bonds is 6. The zero-order valence-corrected chi connectivity index (χ0v) is 10.9. The van der Waals surface area contributed by atoms with Gasteiger partial charge >= 0.3 is 5.97 Å². The zero-order valence-electron chi connectivity index (χ0n) is 10.1. The van der Waals surface area contributed by atoms with Gasteiger partial charge in [0.25, 0.3) is 0 Å². The summed E-state index contributed by atoms with van der Waals surface area (Å²) in [6.45, 7) is 3.93. The van der Waals surface area contributed by atoms with Crippen molar-refractivity contribution in [2.75, 3.05) is 0 Å². The van der Waals surface area contributed by atoms with Gasteiger partial charge < -0.3 is 5.11 Å². The van der Waals surface area contributed by atoms with E-state index in [2.05, 4.69) is 5.32 Å². The van der Waals surface area contributed by atoms with Gasteiger partial charge in [-0.25, -0.2) is 0 Å². The summed E-state index contributed by atoms with van der Waals surface area (Å²) in [6.07, 6.45) is 1.48. The number of benzene rings is 1. The van der Waals surface area contributed by atoms with Crippen LogP contribution in [0.4, 0.5) is 0 Å². The first-order valence-electron chi connectivity index (χ1n) is 5.79. The van der Waals surface area contributed by atoms with Gasteiger partial charge in [0.05, 0.1) is 0 Å². The number of nitrogens with one attached hydrogen (secondary N) is 1. The normalized spacial score (nSPS) is 14.3. The first kappa shape index (κ1) is 14.0. The smallest absolute Gasteiger partial charge is 0.320 e. The molecule has 0 heterocycles. The summed E-state index contributed by atoms with van der Waals surface area (Å²) in [6, 6.07) is 6.94. The molecule has 0 aliphatic heterocycles. The van der Waals surface area contributed by atoms with Crippen LogP contribution in [0.1, 0.15) is 38.3 Å². The van der Waals surface area contributed by atoms with Crippen molar-refractivity contribution >= 4 is 17.6 Å². The van der Waals surface area contributed by atoms with Crippen molar-refractivity contribution < 1.29 is 9.90 Å². The lowest BCUT2D eigenvalue weighted by molar-refractivity contribution is -0.139. The molecule has 0 fully saturated rings. The van der Waals surface area contributed by atoms with Crippen molar-refractivity contribution in [1.29, 1.82) is 0 Å². The predicted molar refractivity (Wildman–Crippen MR) is 69.3 cm³/mol. The van der Waals surface area contributed by atoms with Gasteiger partial charge in [-0.3, -0.25) is 10.1 Å². The van der Waals surface area contributed by atoms with E-state index in [4.69, 9.17) is 16.7 Å². The second-order valence-corrected chi connectivity index (χ2v) is 4.56. The molecule has 0 saturated carbocycles. The summed E-state index contributed by atoms with van der Waals surface area (Å²) < 4.78 is 0. The first-order valence-corrected chi connectivity index (χ1v) is 6.16. The van der Waals surface area contributed by atoms with Gasteiger partial charge in [-0.2, -0.15) is 0 Å². The van der Waals surface area contributed by atoms with Gasteiger partial charge in [0.1, 0.15) is 6.04 Å². The van der Waals surface area contributed by atoms with Crippen LogP contribution in [0.15, 0.2) is 24.3 Å². The summed E-state index contributed by atoms with van der Waals surface area (Å²) in [5, 5.41) is 12.9. The number of carboxylic acids is 1. The first-order chi connectivity index (χ1) is 8.04. The Labute approximate surface area is 107 Å². The van der Waals surface area contributed by atoms with Gasteiger partial charge in [-0.1, -0.05) is 37.1 Å². The average Bonchev–Trinajstić information content (AvgIpc) is 2.29. The van der Waals surface area contributed by atoms with Gasteiger partial charge in [0.2, 0.25) is 0 Å². The molecule has 0 radical (unpaired) electrons. The van der Waals surface area contributed by atoms with E-state index in [1.165, 1.54) is 0 Å². The Kier molecular flexibility index (Phi) is 5.45. The van der Waals surface area contributed by atoms with E-state index in [0.717, 1.165) is 12.0 Å². The highest BCUT2D eigenvalue weighted by Crippen LogP contribution is 2.17. The third-order valence-corrected chi connectivity index (χ3v) is 2.95. The third-order valence-electron chi connectivity index (χ3n) is 2.70. The van der Waals surface area contributed by atoms with Crippen molar-refractivity contribution in [2.45, 2.75) is 38.8 Å². The fourth-order valence-corrected chi connectivity index (χ4v) is 1.84. The Morgan fingerprint density at radius 3 is 2.47 bits per heavy atom. The van der Waals surface area contributed by atoms with Crippen molar-refractivity contribution in [3.05, 3.63) is 34.9 Å². The molecular formula is C13H18ClNO2. The molecule has 1 aromatic rings. The van der Waals surface area contributed by atoms with Gasteiger partial charge in [0, 0.05) is 11.1 Å². The molecule has 17 heavy (non-hydrogen) atoms. The number of hydrogen-bond acceptors (Lipinski definition) is 2. The van der Waals surface area contributed by atoms with Crippen LogP contribution in [0.25, 0.3) is 0 Å². The van der Waals surface area contributed by atoms with Crippen LogP contribution in [0.3, 0.4) is 0 Å². The molecule has 1 aromatic carbocycles. The van der Waals surface area contributed by atoms with Crippen LogP contribution in [0.5, 0.6) is 0 Å². The largest absolute Gasteiger partial charge is 0.480 e. The zero-order chi connectivity index (χ0) is 12.8. The molecule has 2 atom stereocenters. The molecular weight excluding hydrogens is 238 g/mol. The molecule has 0 amide bonds. The number of carbonyl (C=O) groups is 1. The van der Waals surface area contributed by atoms with Crippen LogP contribution in [0.2, 0.25) is 5.02 Å². The second kappa shape index (κ2) is 6.62. The fourth-order valence-electron chi connectivity index (χ4n) is 1.72. The molecule has 0 aliphatic rings. The maximum absolute atomic E-state index is 11.0. The Bertz CT molecular complexity index is 364. The highest BCUT2D eigenvalue weighted by molar-refractivity contribution is 6.30. The minimum Gasteiger partial charge on any atom is -0.480 e. The van der Waals surface area contributed by atoms with Crippen LogP contribution in [0, 0.1) is 0 Å². The van der Waals surface area contributed by atoms with Crippen LogP contribution in [-0.4, -0.2) is 17.1 Å². The Balaban J connectivity index is 2.66. The predicted octanol–water partition coefficient (Wildman–Crippen LogP) is 3.24. The standard InChI is InChI=1S/C13H18ClNO2/c1-3-4-12(13(16)17)15-9(2)10-5-7-11(14)8-6-10/h5-9,12,15H,3-4H2,1-2H3,(H,16,17). The number of halogens is 1. The molecule has 3 nitrogen and oxygen atoms in total. The van der Waals surface area contributed by atoms with Gasteiger partial charge in [-0.15, -0.1) is 0 Å². The number of carboxylic acid groups (broad SMARTS) is 1. The van der Waals surface area contributed by atoms with Crippen molar-refractivity contribution in [1.82, 2.24) is 5.32 Å². The maximum Gasteiger partial charge on any atom is 0.320 e. The average molecular weight is 256 g/mol. The molecule has 2 unspecified atom stereocenters. The van der Waals surface area contributed by atoms with Gasteiger partial charge in [-0.05, 0) is 31.0 Å². The van der Waals surface area contributed by atoms with E-state index >= 15 is 0 Å². The quantitative estimate of drug-likeness (QED) is 0.820. The SMILES string of the molecule is CCCC(NC(C)c1ccc(Cl)cc1)C(=O)O. The minimum atomic E-state index is -0.798. The van der Waals surface area contributed by atoms with E-state index in [9.17, 15) is 4.79 Å². The molecule has 0 bridgehead atoms. The summed E-state index contributed by atoms with van der Waals surface area (Å²) in [7, 11) is 0.